The van der Waals surface area contributed by atoms with Crippen molar-refractivity contribution < 1.29 is 8.42 Å². The molecular weight excluding hydrogens is 306 g/mol. The van der Waals surface area contributed by atoms with E-state index in [-0.39, 0.29) is 16.4 Å². The number of thiocarbonyl (C=S) groups is 1. The zero-order valence-corrected chi connectivity index (χ0v) is 13.0. The average molecular weight is 321 g/mol. The Morgan fingerprint density at radius 1 is 1.29 bits per heavy atom. The van der Waals surface area contributed by atoms with Gasteiger partial charge in [-0.3, -0.25) is 4.98 Å². The molecule has 1 aromatic heterocycles. The monoisotopic (exact) mass is 321 g/mol. The second kappa shape index (κ2) is 6.30. The number of nitrogens with two attached hydrogens (primary N) is 1. The van der Waals surface area contributed by atoms with Crippen molar-refractivity contribution in [3.05, 3.63) is 59.4 Å². The third kappa shape index (κ3) is 3.84. The minimum atomic E-state index is -3.57. The first-order chi connectivity index (χ1) is 9.90. The Hall–Kier alpha value is -1.83. The van der Waals surface area contributed by atoms with E-state index in [0.717, 1.165) is 11.1 Å². The molecule has 0 aliphatic rings. The van der Waals surface area contributed by atoms with Crippen LogP contribution in [0.25, 0.3) is 0 Å². The minimum Gasteiger partial charge on any atom is -0.389 e. The molecule has 1 aromatic carbocycles. The third-order valence-electron chi connectivity index (χ3n) is 3.04. The van der Waals surface area contributed by atoms with Gasteiger partial charge in [0.05, 0.1) is 4.90 Å². The van der Waals surface area contributed by atoms with Gasteiger partial charge in [-0.05, 0) is 36.2 Å². The standard InChI is InChI=1S/C14H15N3O2S2/c1-10-8-16-7-6-12(10)9-17-21(18,19)13-4-2-11(3-5-13)14(15)20/h2-8,17H,9H2,1H3,(H2,15,20). The third-order valence-corrected chi connectivity index (χ3v) is 4.69. The number of aromatic nitrogens is 1. The fourth-order valence-electron chi connectivity index (χ4n) is 1.75. The highest BCUT2D eigenvalue weighted by molar-refractivity contribution is 7.89. The molecule has 21 heavy (non-hydrogen) atoms. The Morgan fingerprint density at radius 3 is 2.52 bits per heavy atom. The van der Waals surface area contributed by atoms with Gasteiger partial charge in [0.1, 0.15) is 4.99 Å². The van der Waals surface area contributed by atoms with Crippen LogP contribution in [0.1, 0.15) is 16.7 Å². The maximum absolute atomic E-state index is 12.2. The molecule has 7 heteroatoms. The average Bonchev–Trinajstić information content (AvgIpc) is 2.46. The lowest BCUT2D eigenvalue weighted by Crippen LogP contribution is -2.23. The predicted molar refractivity (Wildman–Crippen MR) is 85.3 cm³/mol. The molecule has 2 aromatic rings. The highest BCUT2D eigenvalue weighted by atomic mass is 32.2. The van der Waals surface area contributed by atoms with Crippen LogP contribution >= 0.6 is 12.2 Å². The van der Waals surface area contributed by atoms with E-state index in [0.29, 0.717) is 5.56 Å². The SMILES string of the molecule is Cc1cnccc1CNS(=O)(=O)c1ccc(C(N)=S)cc1. The number of benzene rings is 1. The van der Waals surface area contributed by atoms with E-state index in [2.05, 4.69) is 9.71 Å². The van der Waals surface area contributed by atoms with E-state index < -0.39 is 10.0 Å². The number of pyridine rings is 1. The maximum Gasteiger partial charge on any atom is 0.240 e. The van der Waals surface area contributed by atoms with Crippen molar-refractivity contribution >= 4 is 27.2 Å². The second-order valence-electron chi connectivity index (χ2n) is 4.52. The van der Waals surface area contributed by atoms with Crippen LogP contribution in [0, 0.1) is 6.92 Å². The molecule has 0 fully saturated rings. The number of nitrogens with one attached hydrogen (secondary N) is 1. The van der Waals surface area contributed by atoms with Crippen molar-refractivity contribution in [2.75, 3.05) is 0 Å². The molecule has 0 bridgehead atoms. The molecule has 0 amide bonds. The molecule has 0 saturated carbocycles. The quantitative estimate of drug-likeness (QED) is 0.815. The summed E-state index contributed by atoms with van der Waals surface area (Å²) in [5.41, 5.74) is 7.93. The lowest BCUT2D eigenvalue weighted by Gasteiger charge is -2.09. The van der Waals surface area contributed by atoms with Gasteiger partial charge in [0, 0.05) is 24.5 Å². The van der Waals surface area contributed by atoms with E-state index >= 15 is 0 Å². The van der Waals surface area contributed by atoms with E-state index in [9.17, 15) is 8.42 Å². The Morgan fingerprint density at radius 2 is 1.95 bits per heavy atom. The summed E-state index contributed by atoms with van der Waals surface area (Å²) in [7, 11) is -3.57. The van der Waals surface area contributed by atoms with Gasteiger partial charge in [-0.15, -0.1) is 0 Å². The Kier molecular flexibility index (Phi) is 4.66. The van der Waals surface area contributed by atoms with Crippen LogP contribution in [0.5, 0.6) is 0 Å². The smallest absolute Gasteiger partial charge is 0.240 e. The number of hydrogen-bond donors (Lipinski definition) is 2. The minimum absolute atomic E-state index is 0.175. The molecule has 0 spiro atoms. The van der Waals surface area contributed by atoms with Gasteiger partial charge in [0.2, 0.25) is 10.0 Å². The summed E-state index contributed by atoms with van der Waals surface area (Å²) in [6, 6.07) is 7.93. The van der Waals surface area contributed by atoms with Crippen molar-refractivity contribution in [3.63, 3.8) is 0 Å². The van der Waals surface area contributed by atoms with Gasteiger partial charge in [-0.25, -0.2) is 13.1 Å². The first-order valence-electron chi connectivity index (χ1n) is 6.19. The lowest BCUT2D eigenvalue weighted by molar-refractivity contribution is 0.581. The fourth-order valence-corrected chi connectivity index (χ4v) is 2.90. The topological polar surface area (TPSA) is 85.1 Å². The zero-order valence-electron chi connectivity index (χ0n) is 11.4. The van der Waals surface area contributed by atoms with Gasteiger partial charge in [0.25, 0.3) is 0 Å². The van der Waals surface area contributed by atoms with Gasteiger partial charge < -0.3 is 5.73 Å². The van der Waals surface area contributed by atoms with Gasteiger partial charge >= 0.3 is 0 Å². The lowest BCUT2D eigenvalue weighted by atomic mass is 10.2. The molecule has 0 aliphatic carbocycles. The largest absolute Gasteiger partial charge is 0.389 e. The molecule has 1 heterocycles. The summed E-state index contributed by atoms with van der Waals surface area (Å²) < 4.78 is 27.0. The molecule has 3 N–H and O–H groups in total. The van der Waals surface area contributed by atoms with Crippen molar-refractivity contribution in [1.82, 2.24) is 9.71 Å². The summed E-state index contributed by atoms with van der Waals surface area (Å²) in [6.45, 7) is 2.10. The fraction of sp³-hybridized carbons (Fsp3) is 0.143. The van der Waals surface area contributed by atoms with E-state index in [1.165, 1.54) is 12.1 Å². The van der Waals surface area contributed by atoms with Gasteiger partial charge in [0.15, 0.2) is 0 Å². The normalized spacial score (nSPS) is 11.3. The molecule has 110 valence electrons. The van der Waals surface area contributed by atoms with Crippen LogP contribution in [-0.4, -0.2) is 18.4 Å². The van der Waals surface area contributed by atoms with Crippen molar-refractivity contribution in [2.24, 2.45) is 5.73 Å². The molecule has 5 nitrogen and oxygen atoms in total. The van der Waals surface area contributed by atoms with E-state index in [4.69, 9.17) is 18.0 Å². The van der Waals surface area contributed by atoms with Gasteiger partial charge in [-0.2, -0.15) is 0 Å². The summed E-state index contributed by atoms with van der Waals surface area (Å²) >= 11 is 4.83. The van der Waals surface area contributed by atoms with Crippen LogP contribution < -0.4 is 10.5 Å². The van der Waals surface area contributed by atoms with Crippen LogP contribution in [0.3, 0.4) is 0 Å². The Bertz CT molecular complexity index is 756. The first-order valence-corrected chi connectivity index (χ1v) is 8.08. The number of nitrogens with zero attached hydrogens (tertiary/aromatic N) is 1. The number of sulfonamides is 1. The van der Waals surface area contributed by atoms with E-state index in [1.54, 1.807) is 30.6 Å². The van der Waals surface area contributed by atoms with Crippen molar-refractivity contribution in [3.8, 4) is 0 Å². The van der Waals surface area contributed by atoms with Crippen LogP contribution in [-0.2, 0) is 16.6 Å². The van der Waals surface area contributed by atoms with Crippen LogP contribution in [0.2, 0.25) is 0 Å². The number of rotatable bonds is 5. The molecule has 2 rings (SSSR count). The summed E-state index contributed by atoms with van der Waals surface area (Å²) in [5, 5.41) is 0. The first kappa shape index (κ1) is 15.6. The molecule has 0 atom stereocenters. The Balaban J connectivity index is 2.15. The molecule has 0 saturated heterocycles. The zero-order chi connectivity index (χ0) is 15.5. The summed E-state index contributed by atoms with van der Waals surface area (Å²) in [4.78, 5) is 4.38. The second-order valence-corrected chi connectivity index (χ2v) is 6.72. The summed E-state index contributed by atoms with van der Waals surface area (Å²) in [5.74, 6) is 0. The highest BCUT2D eigenvalue weighted by Gasteiger charge is 2.14. The van der Waals surface area contributed by atoms with Crippen molar-refractivity contribution in [2.45, 2.75) is 18.4 Å². The number of hydrogen-bond acceptors (Lipinski definition) is 4. The predicted octanol–water partition coefficient (Wildman–Crippen LogP) is 1.50. The van der Waals surface area contributed by atoms with Gasteiger partial charge in [-0.1, -0.05) is 24.4 Å². The molecule has 0 unspecified atom stereocenters. The molecular formula is C14H15N3O2S2. The van der Waals surface area contributed by atoms with Crippen molar-refractivity contribution in [1.29, 1.82) is 0 Å². The Labute approximate surface area is 129 Å². The highest BCUT2D eigenvalue weighted by Crippen LogP contribution is 2.12. The molecule has 0 aliphatic heterocycles. The molecule has 0 radical (unpaired) electrons. The van der Waals surface area contributed by atoms with Crippen LogP contribution in [0.4, 0.5) is 0 Å². The number of aryl methyl sites for hydroxylation is 1. The van der Waals surface area contributed by atoms with E-state index in [1.807, 2.05) is 6.92 Å². The maximum atomic E-state index is 12.2. The summed E-state index contributed by atoms with van der Waals surface area (Å²) in [6.07, 6.45) is 3.33. The van der Waals surface area contributed by atoms with Crippen LogP contribution in [0.15, 0.2) is 47.6 Å².